The molecule has 2 amide bonds. The molecule has 1 aliphatic carbocycles. The number of sulfone groups is 1. The maximum absolute atomic E-state index is 14.7. The van der Waals surface area contributed by atoms with Crippen molar-refractivity contribution in [3.63, 3.8) is 0 Å². The lowest BCUT2D eigenvalue weighted by Crippen LogP contribution is -2.30. The number of hydrogen-bond acceptors (Lipinski definition) is 4. The Morgan fingerprint density at radius 1 is 1.06 bits per heavy atom. The summed E-state index contributed by atoms with van der Waals surface area (Å²) in [6.07, 6.45) is 7.65. The minimum absolute atomic E-state index is 0.186. The molecule has 0 radical (unpaired) electrons. The number of carbonyl (C=O) groups excluding carboxylic acids is 2. The van der Waals surface area contributed by atoms with Gasteiger partial charge in [-0.3, -0.25) is 9.59 Å². The first-order chi connectivity index (χ1) is 16.7. The number of amides is 2. The topological polar surface area (TPSA) is 92.3 Å². The summed E-state index contributed by atoms with van der Waals surface area (Å²) in [6, 6.07) is 2.02. The van der Waals surface area contributed by atoms with Gasteiger partial charge in [0.05, 0.1) is 20.6 Å². The van der Waals surface area contributed by atoms with Gasteiger partial charge in [0.25, 0.3) is 5.91 Å². The van der Waals surface area contributed by atoms with Crippen LogP contribution >= 0.6 is 20.2 Å². The first kappa shape index (κ1) is 29.7. The van der Waals surface area contributed by atoms with E-state index in [4.69, 9.17) is 11.6 Å². The van der Waals surface area contributed by atoms with E-state index in [1.54, 1.807) is 6.92 Å². The molecule has 0 saturated heterocycles. The van der Waals surface area contributed by atoms with Crippen LogP contribution in [0.25, 0.3) is 0 Å². The maximum atomic E-state index is 14.7. The van der Waals surface area contributed by atoms with Crippen LogP contribution in [0.1, 0.15) is 78.6 Å². The fourth-order valence-corrected chi connectivity index (χ4v) is 8.50. The summed E-state index contributed by atoms with van der Waals surface area (Å²) < 4.78 is 41.0. The van der Waals surface area contributed by atoms with Crippen molar-refractivity contribution in [1.82, 2.24) is 5.32 Å². The normalized spacial score (nSPS) is 15.5. The second-order valence-electron chi connectivity index (χ2n) is 8.70. The number of rotatable bonds is 13. The number of carbonyl (C=O) groups is 2. The number of nitrogens with one attached hydrogen (secondary N) is 2. The van der Waals surface area contributed by atoms with E-state index in [0.717, 1.165) is 50.7 Å². The first-order valence-corrected chi connectivity index (χ1v) is 15.7. The Balaban J connectivity index is 2.28. The fraction of sp³-hybridized carbons (Fsp3) is 0.600. The van der Waals surface area contributed by atoms with Crippen LogP contribution in [0, 0.1) is 5.82 Å². The van der Waals surface area contributed by atoms with E-state index < -0.39 is 26.6 Å². The predicted octanol–water partition coefficient (Wildman–Crippen LogP) is 6.19. The molecule has 2 N–H and O–H groups in total. The Morgan fingerprint density at radius 2 is 1.71 bits per heavy atom. The second-order valence-corrected chi connectivity index (χ2v) is 13.4. The van der Waals surface area contributed by atoms with Gasteiger partial charge in [-0.15, -0.1) is 8.58 Å². The van der Waals surface area contributed by atoms with Gasteiger partial charge in [0.15, 0.2) is 9.84 Å². The third-order valence-corrected chi connectivity index (χ3v) is 11.2. The molecule has 1 aromatic rings. The van der Waals surface area contributed by atoms with Crippen LogP contribution in [0.5, 0.6) is 0 Å². The third-order valence-electron chi connectivity index (χ3n) is 6.09. The molecule has 0 fully saturated rings. The summed E-state index contributed by atoms with van der Waals surface area (Å²) >= 11 is 6.13. The van der Waals surface area contributed by atoms with Crippen molar-refractivity contribution in [1.29, 1.82) is 0 Å². The van der Waals surface area contributed by atoms with Crippen molar-refractivity contribution in [2.75, 3.05) is 18.0 Å². The molecule has 0 aromatic heterocycles. The molecular weight excluding hydrogens is 510 g/mol. The molecule has 196 valence electrons. The minimum Gasteiger partial charge on any atom is -0.352 e. The van der Waals surface area contributed by atoms with Gasteiger partial charge in [0, 0.05) is 17.7 Å². The van der Waals surface area contributed by atoms with Gasteiger partial charge in [0.2, 0.25) is 5.91 Å². The van der Waals surface area contributed by atoms with Gasteiger partial charge in [0.1, 0.15) is 5.82 Å². The molecule has 1 aliphatic rings. The SMILES string of the molecule is CCCCCCNC(=O)C1=C(C(=O)Nc2cc(S(=O)(=O)C(CC)PCC)c(Cl)cc2F)CCCC1. The molecule has 2 rings (SSSR count). The number of benzene rings is 1. The summed E-state index contributed by atoms with van der Waals surface area (Å²) in [5.74, 6) is -1.68. The van der Waals surface area contributed by atoms with E-state index in [-0.39, 0.29) is 30.1 Å². The van der Waals surface area contributed by atoms with Crippen LogP contribution in [-0.4, -0.2) is 37.9 Å². The van der Waals surface area contributed by atoms with Crippen molar-refractivity contribution in [2.45, 2.75) is 88.4 Å². The van der Waals surface area contributed by atoms with Crippen LogP contribution in [0.3, 0.4) is 0 Å². The Kier molecular flexibility index (Phi) is 12.1. The zero-order valence-electron chi connectivity index (χ0n) is 20.8. The van der Waals surface area contributed by atoms with Gasteiger partial charge in [-0.1, -0.05) is 51.6 Å². The Morgan fingerprint density at radius 3 is 2.31 bits per heavy atom. The zero-order chi connectivity index (χ0) is 26.0. The monoisotopic (exact) mass is 546 g/mol. The summed E-state index contributed by atoms with van der Waals surface area (Å²) in [7, 11) is -3.61. The van der Waals surface area contributed by atoms with Crippen LogP contribution in [0.15, 0.2) is 28.2 Å². The first-order valence-electron chi connectivity index (χ1n) is 12.4. The largest absolute Gasteiger partial charge is 0.352 e. The highest BCUT2D eigenvalue weighted by atomic mass is 35.5. The molecule has 1 aromatic carbocycles. The summed E-state index contributed by atoms with van der Waals surface area (Å²) in [4.78, 5) is 25.0. The van der Waals surface area contributed by atoms with Gasteiger partial charge >= 0.3 is 0 Å². The summed E-state index contributed by atoms with van der Waals surface area (Å²) in [5.41, 5.74) is 0.478. The number of hydrogen-bond donors (Lipinski definition) is 2. The van der Waals surface area contributed by atoms with Crippen molar-refractivity contribution in [3.8, 4) is 0 Å². The van der Waals surface area contributed by atoms with E-state index in [0.29, 0.717) is 43.1 Å². The van der Waals surface area contributed by atoms with Crippen molar-refractivity contribution in [2.24, 2.45) is 0 Å². The standard InChI is InChI=1S/C25H37ClFN2O4PS/c1-4-7-8-11-14-28-24(30)17-12-9-10-13-18(17)25(31)29-21-16-22(19(26)15-20(21)27)35(32,33)23(5-2)34-6-3/h15-16,23,34H,4-14H2,1-3H3,(H,28,30)(H,29,31). The average molecular weight is 547 g/mol. The molecule has 2 unspecified atom stereocenters. The van der Waals surface area contributed by atoms with Crippen molar-refractivity contribution in [3.05, 3.63) is 34.1 Å². The Hall–Kier alpha value is -1.50. The second kappa shape index (κ2) is 14.3. The van der Waals surface area contributed by atoms with Crippen LogP contribution in [-0.2, 0) is 19.4 Å². The molecule has 2 atom stereocenters. The van der Waals surface area contributed by atoms with Crippen LogP contribution < -0.4 is 10.6 Å². The maximum Gasteiger partial charge on any atom is 0.252 e. The Labute approximate surface area is 215 Å². The molecule has 0 bridgehead atoms. The number of anilines is 1. The smallest absolute Gasteiger partial charge is 0.252 e. The van der Waals surface area contributed by atoms with E-state index in [2.05, 4.69) is 17.6 Å². The average Bonchev–Trinajstić information content (AvgIpc) is 2.83. The van der Waals surface area contributed by atoms with Gasteiger partial charge in [-0.25, -0.2) is 12.8 Å². The predicted molar refractivity (Wildman–Crippen MR) is 143 cm³/mol. The van der Waals surface area contributed by atoms with Crippen molar-refractivity contribution >= 4 is 47.5 Å². The lowest BCUT2D eigenvalue weighted by Gasteiger charge is -2.21. The quantitative estimate of drug-likeness (QED) is 0.175. The summed E-state index contributed by atoms with van der Waals surface area (Å²) in [6.45, 7) is 6.36. The van der Waals surface area contributed by atoms with Gasteiger partial charge in [-0.2, -0.15) is 0 Å². The fourth-order valence-electron chi connectivity index (χ4n) is 4.16. The van der Waals surface area contributed by atoms with Crippen LogP contribution in [0.2, 0.25) is 5.02 Å². The van der Waals surface area contributed by atoms with Crippen LogP contribution in [0.4, 0.5) is 10.1 Å². The van der Waals surface area contributed by atoms with Gasteiger partial charge < -0.3 is 10.6 Å². The Bertz CT molecular complexity index is 1050. The number of unbranched alkanes of at least 4 members (excludes halogenated alkanes) is 3. The summed E-state index contributed by atoms with van der Waals surface area (Å²) in [5, 5.41) is 5.19. The highest BCUT2D eigenvalue weighted by molar-refractivity contribution is 7.97. The molecule has 0 spiro atoms. The number of halogens is 2. The van der Waals surface area contributed by atoms with E-state index in [9.17, 15) is 22.4 Å². The van der Waals surface area contributed by atoms with E-state index in [1.165, 1.54) is 0 Å². The van der Waals surface area contributed by atoms with Gasteiger partial charge in [-0.05, 0) is 56.8 Å². The molecular formula is C25H37ClFN2O4PS. The van der Waals surface area contributed by atoms with E-state index >= 15 is 0 Å². The lowest BCUT2D eigenvalue weighted by atomic mass is 9.90. The lowest BCUT2D eigenvalue weighted by molar-refractivity contribution is -0.119. The molecule has 0 heterocycles. The minimum atomic E-state index is -3.80. The molecule has 0 saturated carbocycles. The third kappa shape index (κ3) is 7.99. The highest BCUT2D eigenvalue weighted by Gasteiger charge is 2.30. The molecule has 10 heteroatoms. The molecule has 0 aliphatic heterocycles. The highest BCUT2D eigenvalue weighted by Crippen LogP contribution is 2.37. The molecule has 35 heavy (non-hydrogen) atoms. The molecule has 6 nitrogen and oxygen atoms in total. The van der Waals surface area contributed by atoms with Crippen molar-refractivity contribution < 1.29 is 22.4 Å². The van der Waals surface area contributed by atoms with E-state index in [1.807, 2.05) is 6.92 Å². The zero-order valence-corrected chi connectivity index (χ0v) is 23.4.